The molecule has 7 heteroatoms. The SMILES string of the molecule is CNc1ccccc1C(=O)NNC(=O)Nc1cccc(Cl)c1. The molecule has 3 amide bonds. The third-order valence-corrected chi connectivity index (χ3v) is 3.05. The molecule has 0 bridgehead atoms. The third kappa shape index (κ3) is 4.13. The van der Waals surface area contributed by atoms with E-state index in [-0.39, 0.29) is 0 Å². The van der Waals surface area contributed by atoms with Gasteiger partial charge in [0.15, 0.2) is 0 Å². The van der Waals surface area contributed by atoms with Crippen molar-refractivity contribution in [1.29, 1.82) is 0 Å². The summed E-state index contributed by atoms with van der Waals surface area (Å²) in [5, 5.41) is 5.96. The van der Waals surface area contributed by atoms with Crippen molar-refractivity contribution in [3.05, 3.63) is 59.1 Å². The lowest BCUT2D eigenvalue weighted by Crippen LogP contribution is -2.44. The average Bonchev–Trinajstić information content (AvgIpc) is 2.52. The van der Waals surface area contributed by atoms with Crippen LogP contribution < -0.4 is 21.5 Å². The first-order valence-electron chi connectivity index (χ1n) is 6.50. The fourth-order valence-electron chi connectivity index (χ4n) is 1.81. The first-order chi connectivity index (χ1) is 10.6. The Bertz CT molecular complexity index is 691. The van der Waals surface area contributed by atoms with Crippen LogP contribution in [0.4, 0.5) is 16.2 Å². The van der Waals surface area contributed by atoms with Gasteiger partial charge in [0.2, 0.25) is 0 Å². The van der Waals surface area contributed by atoms with Crippen LogP contribution in [0.5, 0.6) is 0 Å². The van der Waals surface area contributed by atoms with E-state index in [1.165, 1.54) is 0 Å². The highest BCUT2D eigenvalue weighted by Crippen LogP contribution is 2.15. The number of hydrogen-bond donors (Lipinski definition) is 4. The summed E-state index contributed by atoms with van der Waals surface area (Å²) in [6, 6.07) is 13.1. The summed E-state index contributed by atoms with van der Waals surface area (Å²) < 4.78 is 0. The lowest BCUT2D eigenvalue weighted by atomic mass is 10.1. The van der Waals surface area contributed by atoms with E-state index in [0.717, 1.165) is 0 Å². The van der Waals surface area contributed by atoms with Gasteiger partial charge in [0.25, 0.3) is 5.91 Å². The van der Waals surface area contributed by atoms with Crippen LogP contribution in [-0.4, -0.2) is 19.0 Å². The number of rotatable bonds is 3. The standard InChI is InChI=1S/C15H15ClN4O2/c1-17-13-8-3-2-7-12(13)14(21)19-20-15(22)18-11-6-4-5-10(16)9-11/h2-9,17H,1H3,(H,19,21)(H2,18,20,22). The third-order valence-electron chi connectivity index (χ3n) is 2.81. The topological polar surface area (TPSA) is 82.3 Å². The Morgan fingerprint density at radius 3 is 2.50 bits per heavy atom. The molecule has 0 unspecified atom stereocenters. The van der Waals surface area contributed by atoms with Crippen molar-refractivity contribution < 1.29 is 9.59 Å². The highest BCUT2D eigenvalue weighted by molar-refractivity contribution is 6.30. The van der Waals surface area contributed by atoms with E-state index in [9.17, 15) is 9.59 Å². The molecule has 0 aromatic heterocycles. The molecule has 114 valence electrons. The lowest BCUT2D eigenvalue weighted by molar-refractivity contribution is 0.0938. The maximum absolute atomic E-state index is 12.0. The van der Waals surface area contributed by atoms with Gasteiger partial charge in [-0.3, -0.25) is 10.2 Å². The van der Waals surface area contributed by atoms with Crippen molar-refractivity contribution in [3.63, 3.8) is 0 Å². The number of para-hydroxylation sites is 1. The summed E-state index contributed by atoms with van der Waals surface area (Å²) in [5.74, 6) is -0.425. The van der Waals surface area contributed by atoms with Gasteiger partial charge in [-0.15, -0.1) is 0 Å². The normalized spacial score (nSPS) is 9.73. The van der Waals surface area contributed by atoms with Crippen LogP contribution >= 0.6 is 11.6 Å². The van der Waals surface area contributed by atoms with E-state index in [1.807, 2.05) is 6.07 Å². The van der Waals surface area contributed by atoms with E-state index >= 15 is 0 Å². The van der Waals surface area contributed by atoms with Crippen LogP contribution in [0.2, 0.25) is 5.02 Å². The molecule has 0 saturated carbocycles. The summed E-state index contributed by atoms with van der Waals surface area (Å²) in [4.78, 5) is 23.7. The number of benzene rings is 2. The molecule has 2 aromatic carbocycles. The molecule has 0 fully saturated rings. The maximum Gasteiger partial charge on any atom is 0.337 e. The van der Waals surface area contributed by atoms with E-state index in [4.69, 9.17) is 11.6 Å². The van der Waals surface area contributed by atoms with Crippen molar-refractivity contribution in [3.8, 4) is 0 Å². The van der Waals surface area contributed by atoms with Gasteiger partial charge in [0.05, 0.1) is 5.56 Å². The molecule has 6 nitrogen and oxygen atoms in total. The number of amides is 3. The van der Waals surface area contributed by atoms with Gasteiger partial charge in [0.1, 0.15) is 0 Å². The van der Waals surface area contributed by atoms with Gasteiger partial charge in [0, 0.05) is 23.4 Å². The Balaban J connectivity index is 1.92. The van der Waals surface area contributed by atoms with Crippen LogP contribution in [0.25, 0.3) is 0 Å². The number of carbonyl (C=O) groups excluding carboxylic acids is 2. The largest absolute Gasteiger partial charge is 0.387 e. The second-order valence-electron chi connectivity index (χ2n) is 4.34. The highest BCUT2D eigenvalue weighted by Gasteiger charge is 2.10. The second kappa shape index (κ2) is 7.33. The molecule has 0 atom stereocenters. The number of hydrazine groups is 1. The number of halogens is 1. The van der Waals surface area contributed by atoms with E-state index in [1.54, 1.807) is 49.5 Å². The van der Waals surface area contributed by atoms with Crippen molar-refractivity contribution in [1.82, 2.24) is 10.9 Å². The number of carbonyl (C=O) groups is 2. The fraction of sp³-hybridized carbons (Fsp3) is 0.0667. The molecule has 0 spiro atoms. The summed E-state index contributed by atoms with van der Waals surface area (Å²) in [6.07, 6.45) is 0. The molecular weight excluding hydrogens is 304 g/mol. The molecule has 0 heterocycles. The molecule has 2 rings (SSSR count). The van der Waals surface area contributed by atoms with Gasteiger partial charge >= 0.3 is 6.03 Å². The van der Waals surface area contributed by atoms with Gasteiger partial charge in [-0.05, 0) is 30.3 Å². The molecular formula is C15H15ClN4O2. The monoisotopic (exact) mass is 318 g/mol. The minimum atomic E-state index is -0.572. The molecule has 4 N–H and O–H groups in total. The van der Waals surface area contributed by atoms with Crippen LogP contribution in [0, 0.1) is 0 Å². The van der Waals surface area contributed by atoms with Gasteiger partial charge in [-0.1, -0.05) is 29.8 Å². The highest BCUT2D eigenvalue weighted by atomic mass is 35.5. The number of nitrogens with one attached hydrogen (secondary N) is 4. The molecule has 22 heavy (non-hydrogen) atoms. The zero-order chi connectivity index (χ0) is 15.9. The van der Waals surface area contributed by atoms with E-state index < -0.39 is 11.9 Å². The van der Waals surface area contributed by atoms with Crippen LogP contribution in [0.1, 0.15) is 10.4 Å². The van der Waals surface area contributed by atoms with Crippen LogP contribution in [0.15, 0.2) is 48.5 Å². The predicted molar refractivity (Wildman–Crippen MR) is 87.1 cm³/mol. The van der Waals surface area contributed by atoms with Gasteiger partial charge < -0.3 is 10.6 Å². The smallest absolute Gasteiger partial charge is 0.337 e. The Labute approximate surface area is 132 Å². The molecule has 0 saturated heterocycles. The zero-order valence-corrected chi connectivity index (χ0v) is 12.6. The first kappa shape index (κ1) is 15.7. The van der Waals surface area contributed by atoms with E-state index in [0.29, 0.717) is 22.0 Å². The summed E-state index contributed by atoms with van der Waals surface area (Å²) in [6.45, 7) is 0. The number of urea groups is 1. The quantitative estimate of drug-likeness (QED) is 0.657. The Morgan fingerprint density at radius 1 is 1.00 bits per heavy atom. The molecule has 0 aliphatic heterocycles. The number of anilines is 2. The van der Waals surface area contributed by atoms with Crippen molar-refractivity contribution in [2.45, 2.75) is 0 Å². The molecule has 0 radical (unpaired) electrons. The Morgan fingerprint density at radius 2 is 1.77 bits per heavy atom. The second-order valence-corrected chi connectivity index (χ2v) is 4.78. The van der Waals surface area contributed by atoms with Crippen molar-refractivity contribution in [2.24, 2.45) is 0 Å². The fourth-order valence-corrected chi connectivity index (χ4v) is 2.00. The Hall–Kier alpha value is -2.73. The summed E-state index contributed by atoms with van der Waals surface area (Å²) in [5.41, 5.74) is 6.23. The van der Waals surface area contributed by atoms with Gasteiger partial charge in [-0.25, -0.2) is 10.2 Å². The minimum Gasteiger partial charge on any atom is -0.387 e. The first-order valence-corrected chi connectivity index (χ1v) is 6.87. The lowest BCUT2D eigenvalue weighted by Gasteiger charge is -2.11. The van der Waals surface area contributed by atoms with Crippen molar-refractivity contribution >= 4 is 34.9 Å². The van der Waals surface area contributed by atoms with E-state index in [2.05, 4.69) is 21.5 Å². The molecule has 2 aromatic rings. The summed E-state index contributed by atoms with van der Waals surface area (Å²) >= 11 is 5.82. The van der Waals surface area contributed by atoms with Crippen LogP contribution in [-0.2, 0) is 0 Å². The molecule has 0 aliphatic rings. The predicted octanol–water partition coefficient (Wildman–Crippen LogP) is 2.85. The van der Waals surface area contributed by atoms with Gasteiger partial charge in [-0.2, -0.15) is 0 Å². The Kier molecular flexibility index (Phi) is 5.21. The maximum atomic E-state index is 12.0. The zero-order valence-electron chi connectivity index (χ0n) is 11.8. The minimum absolute atomic E-state index is 0.424. The number of hydrogen-bond acceptors (Lipinski definition) is 3. The van der Waals surface area contributed by atoms with Crippen molar-refractivity contribution in [2.75, 3.05) is 17.7 Å². The van der Waals surface area contributed by atoms with Crippen LogP contribution in [0.3, 0.4) is 0 Å². The average molecular weight is 319 g/mol. The molecule has 0 aliphatic carbocycles. The summed E-state index contributed by atoms with van der Waals surface area (Å²) in [7, 11) is 1.71.